The first-order chi connectivity index (χ1) is 20.0. The second-order valence-corrected chi connectivity index (χ2v) is 10.6. The standard InChI is InChI=1S/C28H27F7N4O4/c1-37(20-12-17(27(30,31)32)11-18(13-20)28(33,34)35)26(43)38(2)22-7-8-39(14-21(22)15-3-5-19(29)6-4-15)25(42)16-9-23(40)36-24(41)10-16/h3-6,11-13,16,21-22H,7-10,14H2,1-2H3,(H,36,40,41)/t21-,22+/m0/s1. The predicted octanol–water partition coefficient (Wildman–Crippen LogP) is 4.79. The molecule has 2 aromatic rings. The zero-order valence-electron chi connectivity index (χ0n) is 22.9. The van der Waals surface area contributed by atoms with E-state index in [1.807, 2.05) is 0 Å². The lowest BCUT2D eigenvalue weighted by atomic mass is 9.84. The molecule has 0 unspecified atom stereocenters. The van der Waals surface area contributed by atoms with Gasteiger partial charge < -0.3 is 9.80 Å². The van der Waals surface area contributed by atoms with Crippen LogP contribution in [0.2, 0.25) is 0 Å². The van der Waals surface area contributed by atoms with E-state index < -0.39 is 76.6 Å². The molecule has 2 heterocycles. The molecule has 2 fully saturated rings. The third-order valence-electron chi connectivity index (χ3n) is 7.72. The molecule has 0 bridgehead atoms. The Balaban J connectivity index is 1.62. The van der Waals surface area contributed by atoms with Gasteiger partial charge in [0, 0.05) is 57.7 Å². The smallest absolute Gasteiger partial charge is 0.342 e. The van der Waals surface area contributed by atoms with E-state index in [1.54, 1.807) is 0 Å². The molecule has 4 rings (SSSR count). The van der Waals surface area contributed by atoms with E-state index in [1.165, 1.54) is 41.1 Å². The molecule has 0 radical (unpaired) electrons. The number of carbonyl (C=O) groups excluding carboxylic acids is 4. The van der Waals surface area contributed by atoms with E-state index in [0.717, 1.165) is 7.05 Å². The second kappa shape index (κ2) is 11.8. The Hall–Kier alpha value is -4.17. The molecule has 0 spiro atoms. The Labute approximate surface area is 241 Å². The van der Waals surface area contributed by atoms with Crippen molar-refractivity contribution in [2.45, 2.75) is 43.6 Å². The highest BCUT2D eigenvalue weighted by atomic mass is 19.4. The molecule has 2 aliphatic heterocycles. The summed E-state index contributed by atoms with van der Waals surface area (Å²) in [5.41, 5.74) is -3.27. The molecule has 2 saturated heterocycles. The average Bonchev–Trinajstić information content (AvgIpc) is 2.94. The van der Waals surface area contributed by atoms with Gasteiger partial charge in [0.05, 0.1) is 17.0 Å². The number of nitrogens with zero attached hydrogens (tertiary/aromatic N) is 3. The number of likely N-dealkylation sites (tertiary alicyclic amines) is 1. The van der Waals surface area contributed by atoms with Gasteiger partial charge in [-0.05, 0) is 42.3 Å². The molecule has 8 nitrogen and oxygen atoms in total. The first kappa shape index (κ1) is 31.8. The summed E-state index contributed by atoms with van der Waals surface area (Å²) in [7, 11) is 2.38. The van der Waals surface area contributed by atoms with Crippen LogP contribution in [0, 0.1) is 11.7 Å². The highest BCUT2D eigenvalue weighted by molar-refractivity contribution is 6.02. The van der Waals surface area contributed by atoms with Gasteiger partial charge in [0.15, 0.2) is 0 Å². The number of hydrogen-bond donors (Lipinski definition) is 1. The summed E-state index contributed by atoms with van der Waals surface area (Å²) in [4.78, 5) is 53.7. The number of rotatable bonds is 4. The average molecular weight is 617 g/mol. The van der Waals surface area contributed by atoms with Gasteiger partial charge >= 0.3 is 18.4 Å². The molecule has 2 aromatic carbocycles. The maximum absolute atomic E-state index is 13.7. The van der Waals surface area contributed by atoms with Crippen LogP contribution in [0.1, 0.15) is 41.9 Å². The van der Waals surface area contributed by atoms with Crippen molar-refractivity contribution in [2.24, 2.45) is 5.92 Å². The summed E-state index contributed by atoms with van der Waals surface area (Å²) < 4.78 is 94.2. The number of imide groups is 1. The third kappa shape index (κ3) is 7.08. The maximum Gasteiger partial charge on any atom is 0.416 e. The number of piperidine rings is 2. The van der Waals surface area contributed by atoms with Crippen LogP contribution in [-0.2, 0) is 26.7 Å². The Kier molecular flexibility index (Phi) is 8.75. The van der Waals surface area contributed by atoms with Gasteiger partial charge in [0.2, 0.25) is 17.7 Å². The summed E-state index contributed by atoms with van der Waals surface area (Å²) >= 11 is 0. The SMILES string of the molecule is CN(C(=O)N(C)[C@@H]1CCN(C(=O)C2CC(=O)NC(=O)C2)C[C@H]1c1ccc(F)cc1)c1cc(C(F)(F)F)cc(C(F)(F)F)c1. The second-order valence-electron chi connectivity index (χ2n) is 10.6. The van der Waals surface area contributed by atoms with Gasteiger partial charge in [-0.1, -0.05) is 12.1 Å². The van der Waals surface area contributed by atoms with Crippen LogP contribution in [0.3, 0.4) is 0 Å². The van der Waals surface area contributed by atoms with Crippen LogP contribution in [0.5, 0.6) is 0 Å². The number of hydrogen-bond acceptors (Lipinski definition) is 4. The van der Waals surface area contributed by atoms with Crippen molar-refractivity contribution in [2.75, 3.05) is 32.1 Å². The molecular formula is C28H27F7N4O4. The van der Waals surface area contributed by atoms with Crippen molar-refractivity contribution in [1.29, 1.82) is 0 Å². The number of alkyl halides is 6. The summed E-state index contributed by atoms with van der Waals surface area (Å²) in [6.07, 6.45) is -10.5. The van der Waals surface area contributed by atoms with Crippen LogP contribution < -0.4 is 10.2 Å². The predicted molar refractivity (Wildman–Crippen MR) is 138 cm³/mol. The van der Waals surface area contributed by atoms with Crippen LogP contribution in [0.15, 0.2) is 42.5 Å². The highest BCUT2D eigenvalue weighted by Crippen LogP contribution is 2.39. The van der Waals surface area contributed by atoms with E-state index in [-0.39, 0.29) is 38.4 Å². The minimum absolute atomic E-state index is 0.00937. The molecule has 0 aromatic heterocycles. The van der Waals surface area contributed by atoms with Gasteiger partial charge in [-0.2, -0.15) is 26.3 Å². The van der Waals surface area contributed by atoms with Gasteiger partial charge in [0.1, 0.15) is 5.82 Å². The molecule has 1 N–H and O–H groups in total. The fourth-order valence-electron chi connectivity index (χ4n) is 5.47. The topological polar surface area (TPSA) is 90.0 Å². The number of likely N-dealkylation sites (N-methyl/N-ethyl adjacent to an activating group) is 1. The summed E-state index contributed by atoms with van der Waals surface area (Å²) in [6.45, 7) is 0.0706. The number of carbonyl (C=O) groups is 4. The number of nitrogens with one attached hydrogen (secondary N) is 1. The lowest BCUT2D eigenvalue weighted by molar-refractivity contribution is -0.146. The Morgan fingerprint density at radius 3 is 1.93 bits per heavy atom. The molecule has 15 heteroatoms. The molecule has 0 saturated carbocycles. The third-order valence-corrected chi connectivity index (χ3v) is 7.72. The molecule has 232 valence electrons. The van der Waals surface area contributed by atoms with Crippen molar-refractivity contribution in [3.05, 3.63) is 65.0 Å². The molecular weight excluding hydrogens is 589 g/mol. The van der Waals surface area contributed by atoms with E-state index in [4.69, 9.17) is 0 Å². The Morgan fingerprint density at radius 1 is 0.884 bits per heavy atom. The minimum Gasteiger partial charge on any atom is -0.342 e. The first-order valence-corrected chi connectivity index (χ1v) is 13.1. The van der Waals surface area contributed by atoms with Crippen molar-refractivity contribution < 1.29 is 49.9 Å². The van der Waals surface area contributed by atoms with Crippen LogP contribution in [0.4, 0.5) is 41.2 Å². The summed E-state index contributed by atoms with van der Waals surface area (Å²) in [5.74, 6) is -3.72. The van der Waals surface area contributed by atoms with Crippen LogP contribution >= 0.6 is 0 Å². The van der Waals surface area contributed by atoms with E-state index >= 15 is 0 Å². The normalized spacial score (nSPS) is 20.1. The number of anilines is 1. The number of benzene rings is 2. The summed E-state index contributed by atoms with van der Waals surface area (Å²) in [5, 5.41) is 2.13. The monoisotopic (exact) mass is 616 g/mol. The Morgan fingerprint density at radius 2 is 1.42 bits per heavy atom. The van der Waals surface area contributed by atoms with Gasteiger partial charge in [0.25, 0.3) is 0 Å². The minimum atomic E-state index is -5.11. The largest absolute Gasteiger partial charge is 0.416 e. The number of urea groups is 1. The lowest BCUT2D eigenvalue weighted by Crippen LogP contribution is -2.55. The zero-order valence-corrected chi connectivity index (χ0v) is 22.9. The Bertz CT molecular complexity index is 1360. The van der Waals surface area contributed by atoms with Crippen molar-refractivity contribution in [3.63, 3.8) is 0 Å². The first-order valence-electron chi connectivity index (χ1n) is 13.1. The quantitative estimate of drug-likeness (QED) is 0.396. The number of halogens is 7. The van der Waals surface area contributed by atoms with E-state index in [9.17, 15) is 49.9 Å². The molecule has 2 aliphatic rings. The van der Waals surface area contributed by atoms with Crippen molar-refractivity contribution >= 4 is 29.4 Å². The van der Waals surface area contributed by atoms with Crippen molar-refractivity contribution in [1.82, 2.24) is 15.1 Å². The van der Waals surface area contributed by atoms with Crippen molar-refractivity contribution in [3.8, 4) is 0 Å². The molecule has 2 atom stereocenters. The van der Waals surface area contributed by atoms with Crippen LogP contribution in [-0.4, -0.2) is 66.8 Å². The zero-order chi connectivity index (χ0) is 31.9. The number of amides is 5. The molecule has 43 heavy (non-hydrogen) atoms. The maximum atomic E-state index is 13.7. The fourth-order valence-corrected chi connectivity index (χ4v) is 5.47. The lowest BCUT2D eigenvalue weighted by Gasteiger charge is -2.44. The molecule has 5 amide bonds. The van der Waals surface area contributed by atoms with Gasteiger partial charge in [-0.3, -0.25) is 24.6 Å². The molecule has 0 aliphatic carbocycles. The van der Waals surface area contributed by atoms with Gasteiger partial charge in [-0.25, -0.2) is 9.18 Å². The van der Waals surface area contributed by atoms with E-state index in [0.29, 0.717) is 22.6 Å². The van der Waals surface area contributed by atoms with Gasteiger partial charge in [-0.15, -0.1) is 0 Å². The highest BCUT2D eigenvalue weighted by Gasteiger charge is 2.42. The van der Waals surface area contributed by atoms with E-state index in [2.05, 4.69) is 5.32 Å². The van der Waals surface area contributed by atoms with Crippen LogP contribution in [0.25, 0.3) is 0 Å². The fraction of sp³-hybridized carbons (Fsp3) is 0.429. The summed E-state index contributed by atoms with van der Waals surface area (Å²) in [6, 6.07) is 4.47.